The lowest BCUT2D eigenvalue weighted by Crippen LogP contribution is -2.38. The number of carboxylic acids is 1. The summed E-state index contributed by atoms with van der Waals surface area (Å²) in [4.78, 5) is 36.7. The summed E-state index contributed by atoms with van der Waals surface area (Å²) in [6.45, 7) is 1.84. The van der Waals surface area contributed by atoms with Crippen LogP contribution in [0.5, 0.6) is 0 Å². The number of carboxylic acid groups (broad SMARTS) is 1. The maximum absolute atomic E-state index is 13.7. The van der Waals surface area contributed by atoms with Crippen LogP contribution in [0.1, 0.15) is 26.2 Å². The monoisotopic (exact) mass is 349 g/mol. The summed E-state index contributed by atoms with van der Waals surface area (Å²) in [5.41, 5.74) is -0.538. The van der Waals surface area contributed by atoms with E-state index in [4.69, 9.17) is 0 Å². The van der Waals surface area contributed by atoms with E-state index in [1.165, 1.54) is 24.0 Å². The van der Waals surface area contributed by atoms with Gasteiger partial charge in [0.25, 0.3) is 0 Å². The minimum absolute atomic E-state index is 0.0226. The molecule has 0 bridgehead atoms. The first-order valence-corrected chi connectivity index (χ1v) is 8.18. The number of halogens is 1. The van der Waals surface area contributed by atoms with Crippen molar-refractivity contribution >= 4 is 29.3 Å². The second-order valence-corrected chi connectivity index (χ2v) is 6.74. The molecule has 0 unspecified atom stereocenters. The summed E-state index contributed by atoms with van der Waals surface area (Å²) in [5, 5.41) is 14.6. The molecule has 1 saturated heterocycles. The highest BCUT2D eigenvalue weighted by Gasteiger charge is 2.55. The molecule has 7 nitrogen and oxygen atoms in total. The van der Waals surface area contributed by atoms with Gasteiger partial charge >= 0.3 is 12.0 Å². The number of nitrogens with one attached hydrogen (secondary N) is 2. The molecule has 1 aromatic carbocycles. The number of carbonyl (C=O) groups is 3. The van der Waals surface area contributed by atoms with Gasteiger partial charge < -0.3 is 20.6 Å². The number of urea groups is 1. The maximum Gasteiger partial charge on any atom is 0.321 e. The number of anilines is 2. The van der Waals surface area contributed by atoms with E-state index in [0.29, 0.717) is 18.7 Å². The summed E-state index contributed by atoms with van der Waals surface area (Å²) >= 11 is 0. The van der Waals surface area contributed by atoms with Gasteiger partial charge in [-0.25, -0.2) is 9.18 Å². The first-order valence-electron chi connectivity index (χ1n) is 8.18. The lowest BCUT2D eigenvalue weighted by atomic mass is 9.81. The van der Waals surface area contributed by atoms with Crippen LogP contribution >= 0.6 is 0 Å². The van der Waals surface area contributed by atoms with Crippen molar-refractivity contribution < 1.29 is 23.9 Å². The normalized spacial score (nSPS) is 24.7. The zero-order valence-electron chi connectivity index (χ0n) is 13.8. The number of likely N-dealkylation sites (tertiary alicyclic amines) is 1. The maximum atomic E-state index is 13.7. The van der Waals surface area contributed by atoms with Gasteiger partial charge in [-0.2, -0.15) is 0 Å². The summed E-state index contributed by atoms with van der Waals surface area (Å²) in [7, 11) is 0. The van der Waals surface area contributed by atoms with Crippen molar-refractivity contribution in [2.75, 3.05) is 23.7 Å². The number of hydrogen-bond acceptors (Lipinski definition) is 3. The van der Waals surface area contributed by atoms with E-state index in [1.54, 1.807) is 0 Å². The molecule has 2 aliphatic rings. The number of fused-ring (bicyclic) bond motifs is 1. The molecule has 134 valence electrons. The molecule has 0 spiro atoms. The zero-order valence-corrected chi connectivity index (χ0v) is 13.8. The number of nitrogens with zero attached hydrogens (tertiary/aromatic N) is 1. The Balaban J connectivity index is 1.71. The number of aliphatic carboxylic acids is 1. The van der Waals surface area contributed by atoms with Crippen molar-refractivity contribution in [3.05, 3.63) is 24.0 Å². The fourth-order valence-electron chi connectivity index (χ4n) is 3.88. The Hall–Kier alpha value is -2.64. The van der Waals surface area contributed by atoms with Crippen molar-refractivity contribution in [2.45, 2.75) is 26.2 Å². The number of benzene rings is 1. The van der Waals surface area contributed by atoms with Gasteiger partial charge in [0.2, 0.25) is 5.91 Å². The topological polar surface area (TPSA) is 98.7 Å². The van der Waals surface area contributed by atoms with E-state index < -0.39 is 29.1 Å². The largest absolute Gasteiger partial charge is 0.481 e. The molecule has 8 heteroatoms. The van der Waals surface area contributed by atoms with Crippen molar-refractivity contribution in [2.24, 2.45) is 11.3 Å². The molecule has 0 aromatic heterocycles. The molecule has 3 amide bonds. The van der Waals surface area contributed by atoms with Crippen molar-refractivity contribution in [1.82, 2.24) is 4.90 Å². The van der Waals surface area contributed by atoms with Crippen LogP contribution in [-0.4, -0.2) is 41.0 Å². The van der Waals surface area contributed by atoms with Crippen LogP contribution < -0.4 is 10.6 Å². The van der Waals surface area contributed by atoms with Crippen LogP contribution in [0, 0.1) is 17.2 Å². The molecule has 1 aromatic rings. The van der Waals surface area contributed by atoms with Gasteiger partial charge in [0.05, 0.1) is 11.1 Å². The van der Waals surface area contributed by atoms with Gasteiger partial charge in [0, 0.05) is 25.7 Å². The third kappa shape index (κ3) is 3.16. The molecule has 1 saturated carbocycles. The number of carbonyl (C=O) groups excluding carboxylic acids is 2. The van der Waals surface area contributed by atoms with Crippen LogP contribution in [0.15, 0.2) is 18.2 Å². The molecule has 2 fully saturated rings. The third-order valence-electron chi connectivity index (χ3n) is 5.11. The zero-order chi connectivity index (χ0) is 18.2. The Labute approximate surface area is 144 Å². The first kappa shape index (κ1) is 17.2. The standard InChI is InChI=1S/C17H20FN3O4/c1-10(22)19-14-7-12(4-5-13(14)18)20-16(25)21-8-11-3-2-6-17(11,9-21)15(23)24/h4-5,7,11H,2-3,6,8-9H2,1H3,(H,19,22)(H,20,25)(H,23,24)/t11-,17+/m0/s1. The van der Waals surface area contributed by atoms with E-state index in [9.17, 15) is 23.9 Å². The smallest absolute Gasteiger partial charge is 0.321 e. The molecule has 25 heavy (non-hydrogen) atoms. The van der Waals surface area contributed by atoms with Crippen molar-refractivity contribution in [3.8, 4) is 0 Å². The van der Waals surface area contributed by atoms with Gasteiger partial charge in [-0.3, -0.25) is 9.59 Å². The van der Waals surface area contributed by atoms with Gasteiger partial charge in [-0.1, -0.05) is 6.42 Å². The molecule has 3 N–H and O–H groups in total. The SMILES string of the molecule is CC(=O)Nc1cc(NC(=O)N2C[C@@H]3CCC[C@@]3(C(=O)O)C2)ccc1F. The van der Waals surface area contributed by atoms with Gasteiger partial charge in [-0.05, 0) is 37.0 Å². The summed E-state index contributed by atoms with van der Waals surface area (Å²) in [6, 6.07) is 3.45. The second kappa shape index (κ2) is 6.34. The molecule has 3 rings (SSSR count). The van der Waals surface area contributed by atoms with E-state index in [-0.39, 0.29) is 18.2 Å². The predicted molar refractivity (Wildman–Crippen MR) is 88.7 cm³/mol. The van der Waals surface area contributed by atoms with E-state index >= 15 is 0 Å². The van der Waals surface area contributed by atoms with Crippen molar-refractivity contribution in [1.29, 1.82) is 0 Å². The number of hydrogen-bond donors (Lipinski definition) is 3. The molecular weight excluding hydrogens is 329 g/mol. The Morgan fingerprint density at radius 3 is 2.72 bits per heavy atom. The van der Waals surface area contributed by atoms with E-state index in [1.807, 2.05) is 0 Å². The van der Waals surface area contributed by atoms with Crippen LogP contribution in [0.3, 0.4) is 0 Å². The summed E-state index contributed by atoms with van der Waals surface area (Å²) in [6.07, 6.45) is 2.25. The van der Waals surface area contributed by atoms with Crippen LogP contribution in [0.4, 0.5) is 20.6 Å². The Morgan fingerprint density at radius 1 is 1.32 bits per heavy atom. The Kier molecular flexibility index (Phi) is 4.36. The highest BCUT2D eigenvalue weighted by molar-refractivity contribution is 5.93. The third-order valence-corrected chi connectivity index (χ3v) is 5.11. The molecule has 0 radical (unpaired) electrons. The minimum Gasteiger partial charge on any atom is -0.481 e. The predicted octanol–water partition coefficient (Wildman–Crippen LogP) is 2.50. The molecular formula is C17H20FN3O4. The van der Waals surface area contributed by atoms with Gasteiger partial charge in [-0.15, -0.1) is 0 Å². The summed E-state index contributed by atoms with van der Waals surface area (Å²) < 4.78 is 13.7. The lowest BCUT2D eigenvalue weighted by molar-refractivity contribution is -0.149. The van der Waals surface area contributed by atoms with Crippen molar-refractivity contribution in [3.63, 3.8) is 0 Å². The van der Waals surface area contributed by atoms with Crippen LogP contribution in [0.25, 0.3) is 0 Å². The highest BCUT2D eigenvalue weighted by Crippen LogP contribution is 2.48. The Morgan fingerprint density at radius 2 is 2.08 bits per heavy atom. The average molecular weight is 349 g/mol. The highest BCUT2D eigenvalue weighted by atomic mass is 19.1. The van der Waals surface area contributed by atoms with Crippen LogP contribution in [0.2, 0.25) is 0 Å². The number of amides is 3. The van der Waals surface area contributed by atoms with Gasteiger partial charge in [0.1, 0.15) is 5.82 Å². The Bertz CT molecular complexity index is 739. The fraction of sp³-hybridized carbons (Fsp3) is 0.471. The number of rotatable bonds is 3. The van der Waals surface area contributed by atoms with E-state index in [0.717, 1.165) is 18.9 Å². The molecule has 1 aliphatic carbocycles. The average Bonchev–Trinajstić information content (AvgIpc) is 3.08. The molecule has 1 heterocycles. The molecule has 2 atom stereocenters. The quantitative estimate of drug-likeness (QED) is 0.781. The van der Waals surface area contributed by atoms with E-state index in [2.05, 4.69) is 10.6 Å². The summed E-state index contributed by atoms with van der Waals surface area (Å²) in [5.74, 6) is -1.90. The first-order chi connectivity index (χ1) is 11.8. The van der Waals surface area contributed by atoms with Gasteiger partial charge in [0.15, 0.2) is 0 Å². The van der Waals surface area contributed by atoms with Crippen LogP contribution in [-0.2, 0) is 9.59 Å². The second-order valence-electron chi connectivity index (χ2n) is 6.74. The molecule has 1 aliphatic heterocycles. The lowest BCUT2D eigenvalue weighted by Gasteiger charge is -2.23. The fourth-order valence-corrected chi connectivity index (χ4v) is 3.88. The minimum atomic E-state index is -0.847.